The van der Waals surface area contributed by atoms with Crippen LogP contribution in [0, 0.1) is 0 Å². The van der Waals surface area contributed by atoms with E-state index in [4.69, 9.17) is 9.47 Å². The minimum Gasteiger partial charge on any atom is -0.394 e. The largest absolute Gasteiger partial charge is 0.394 e. The van der Waals surface area contributed by atoms with Gasteiger partial charge in [-0.2, -0.15) is 0 Å². The summed E-state index contributed by atoms with van der Waals surface area (Å²) in [4.78, 5) is 12.9. The first kappa shape index (κ1) is 49.6. The molecule has 7 unspecified atom stereocenters. The number of hydrogen-bond donors (Lipinski definition) is 6. The minimum atomic E-state index is -1.57. The fourth-order valence-electron chi connectivity index (χ4n) is 6.12. The van der Waals surface area contributed by atoms with Gasteiger partial charge in [-0.25, -0.2) is 0 Å². The summed E-state index contributed by atoms with van der Waals surface area (Å²) in [5, 5.41) is 54.0. The van der Waals surface area contributed by atoms with E-state index in [0.717, 1.165) is 89.9 Å². The molecule has 1 aliphatic rings. The van der Waals surface area contributed by atoms with Crippen molar-refractivity contribution in [3.63, 3.8) is 0 Å². The lowest BCUT2D eigenvalue weighted by Gasteiger charge is -2.40. The van der Waals surface area contributed by atoms with Gasteiger partial charge in [0.05, 0.1) is 25.4 Å². The molecule has 0 radical (unpaired) electrons. The molecule has 9 heteroatoms. The number of rotatable bonds is 33. The van der Waals surface area contributed by atoms with Gasteiger partial charge in [0.2, 0.25) is 5.91 Å². The van der Waals surface area contributed by atoms with Crippen molar-refractivity contribution < 1.29 is 39.8 Å². The van der Waals surface area contributed by atoms with Crippen LogP contribution in [0.3, 0.4) is 0 Å². The maximum Gasteiger partial charge on any atom is 0.220 e. The van der Waals surface area contributed by atoms with Gasteiger partial charge in [-0.1, -0.05) is 151 Å². The lowest BCUT2D eigenvalue weighted by atomic mass is 9.99. The maximum absolute atomic E-state index is 12.9. The van der Waals surface area contributed by atoms with Gasteiger partial charge in [0.25, 0.3) is 0 Å². The van der Waals surface area contributed by atoms with Gasteiger partial charge in [0.1, 0.15) is 24.4 Å². The quantitative estimate of drug-likeness (QED) is 0.0290. The van der Waals surface area contributed by atoms with Crippen molar-refractivity contribution in [1.29, 1.82) is 0 Å². The summed E-state index contributed by atoms with van der Waals surface area (Å²) in [7, 11) is 0. The Bertz CT molecular complexity index is 1070. The van der Waals surface area contributed by atoms with Crippen molar-refractivity contribution >= 4 is 5.91 Å². The van der Waals surface area contributed by atoms with Gasteiger partial charge >= 0.3 is 0 Å². The van der Waals surface area contributed by atoms with Crippen LogP contribution in [0.25, 0.3) is 0 Å². The molecule has 0 aromatic carbocycles. The van der Waals surface area contributed by atoms with Crippen LogP contribution in [0.1, 0.15) is 149 Å². The summed E-state index contributed by atoms with van der Waals surface area (Å²) in [6.07, 6.45) is 39.4. The Balaban J connectivity index is 2.38. The summed E-state index contributed by atoms with van der Waals surface area (Å²) in [6, 6.07) is -0.817. The second kappa shape index (κ2) is 35.1. The number of allylic oxidation sites excluding steroid dienone is 11. The fourth-order valence-corrected chi connectivity index (χ4v) is 6.12. The summed E-state index contributed by atoms with van der Waals surface area (Å²) in [5.41, 5.74) is 0. The lowest BCUT2D eigenvalue weighted by molar-refractivity contribution is -0.302. The molecule has 0 aliphatic carbocycles. The summed E-state index contributed by atoms with van der Waals surface area (Å²) >= 11 is 0. The molecule has 1 aliphatic heterocycles. The Morgan fingerprint density at radius 2 is 1.15 bits per heavy atom. The Morgan fingerprint density at radius 3 is 1.70 bits per heavy atom. The predicted octanol–water partition coefficient (Wildman–Crippen LogP) is 8.22. The third kappa shape index (κ3) is 25.7. The van der Waals surface area contributed by atoms with Gasteiger partial charge < -0.3 is 40.3 Å². The highest BCUT2D eigenvalue weighted by Crippen LogP contribution is 2.22. The lowest BCUT2D eigenvalue weighted by Crippen LogP contribution is -2.60. The smallest absolute Gasteiger partial charge is 0.220 e. The number of aliphatic hydroxyl groups excluding tert-OH is 5. The molecule has 7 atom stereocenters. The van der Waals surface area contributed by atoms with E-state index in [1.807, 2.05) is 6.08 Å². The minimum absolute atomic E-state index is 0.201. The molecular weight excluding hydrogens is 682 g/mol. The van der Waals surface area contributed by atoms with E-state index < -0.39 is 49.5 Å². The number of ether oxygens (including phenoxy) is 2. The van der Waals surface area contributed by atoms with Crippen LogP contribution in [0.15, 0.2) is 72.9 Å². The molecule has 1 heterocycles. The monoisotopic (exact) mass is 760 g/mol. The molecular formula is C45H77NO8. The Hall–Kier alpha value is -2.37. The second-order valence-electron chi connectivity index (χ2n) is 14.4. The van der Waals surface area contributed by atoms with Gasteiger partial charge in [-0.05, 0) is 64.2 Å². The fraction of sp³-hybridized carbons (Fsp3) is 0.711. The molecule has 1 rings (SSSR count). The highest BCUT2D eigenvalue weighted by molar-refractivity contribution is 5.76. The van der Waals surface area contributed by atoms with E-state index in [2.05, 4.69) is 79.9 Å². The molecule has 6 N–H and O–H groups in total. The van der Waals surface area contributed by atoms with Crippen molar-refractivity contribution in [3.8, 4) is 0 Å². The van der Waals surface area contributed by atoms with Crippen LogP contribution < -0.4 is 5.32 Å². The SMILES string of the molecule is CC/C=C\C/C=C\C/C=C\C/C=C\C/C=C\CCCCCCCC(=O)NC(COC1OC(CO)C(O)C(O)C1O)C(O)/C=C/CCCCCCCCCC. The number of carbonyl (C=O) groups is 1. The van der Waals surface area contributed by atoms with Crippen molar-refractivity contribution in [1.82, 2.24) is 5.32 Å². The van der Waals surface area contributed by atoms with Crippen LogP contribution in [-0.4, -0.2) is 87.5 Å². The Morgan fingerprint density at radius 1 is 0.648 bits per heavy atom. The topological polar surface area (TPSA) is 149 Å². The van der Waals surface area contributed by atoms with Crippen LogP contribution in [0.4, 0.5) is 0 Å². The van der Waals surface area contributed by atoms with Crippen LogP contribution >= 0.6 is 0 Å². The van der Waals surface area contributed by atoms with Gasteiger partial charge in [0, 0.05) is 6.42 Å². The average Bonchev–Trinajstić information content (AvgIpc) is 3.17. The molecule has 1 saturated heterocycles. The number of amides is 1. The number of hydrogen-bond acceptors (Lipinski definition) is 8. The molecule has 310 valence electrons. The van der Waals surface area contributed by atoms with Crippen molar-refractivity contribution in [2.75, 3.05) is 13.2 Å². The Kier molecular flexibility index (Phi) is 32.2. The number of carbonyl (C=O) groups excluding carboxylic acids is 1. The van der Waals surface area contributed by atoms with E-state index in [-0.39, 0.29) is 12.5 Å². The maximum atomic E-state index is 12.9. The molecule has 0 aromatic heterocycles. The molecule has 0 aromatic rings. The van der Waals surface area contributed by atoms with Crippen LogP contribution in [-0.2, 0) is 14.3 Å². The molecule has 0 bridgehead atoms. The molecule has 1 fully saturated rings. The Labute approximate surface area is 328 Å². The number of aliphatic hydroxyl groups is 5. The molecule has 9 nitrogen and oxygen atoms in total. The third-order valence-corrected chi connectivity index (χ3v) is 9.54. The predicted molar refractivity (Wildman–Crippen MR) is 221 cm³/mol. The number of unbranched alkanes of at least 4 members (excludes halogenated alkanes) is 13. The zero-order valence-electron chi connectivity index (χ0n) is 33.7. The van der Waals surface area contributed by atoms with Crippen LogP contribution in [0.5, 0.6) is 0 Å². The molecule has 1 amide bonds. The van der Waals surface area contributed by atoms with Crippen molar-refractivity contribution in [2.24, 2.45) is 0 Å². The zero-order valence-corrected chi connectivity index (χ0v) is 33.7. The van der Waals surface area contributed by atoms with Gasteiger partial charge in [0.15, 0.2) is 6.29 Å². The first-order valence-electron chi connectivity index (χ1n) is 21.2. The summed E-state index contributed by atoms with van der Waals surface area (Å²) < 4.78 is 11.2. The summed E-state index contributed by atoms with van der Waals surface area (Å²) in [6.45, 7) is 3.59. The van der Waals surface area contributed by atoms with Crippen molar-refractivity contribution in [3.05, 3.63) is 72.9 Å². The van der Waals surface area contributed by atoms with Gasteiger partial charge in [-0.15, -0.1) is 0 Å². The second-order valence-corrected chi connectivity index (χ2v) is 14.4. The van der Waals surface area contributed by atoms with E-state index in [1.54, 1.807) is 6.08 Å². The zero-order chi connectivity index (χ0) is 39.5. The number of nitrogens with one attached hydrogen (secondary N) is 1. The first-order chi connectivity index (χ1) is 26.3. The van der Waals surface area contributed by atoms with Gasteiger partial charge in [-0.3, -0.25) is 4.79 Å². The highest BCUT2D eigenvalue weighted by atomic mass is 16.7. The third-order valence-electron chi connectivity index (χ3n) is 9.54. The molecule has 0 spiro atoms. The van der Waals surface area contributed by atoms with E-state index in [1.165, 1.54) is 38.5 Å². The highest BCUT2D eigenvalue weighted by Gasteiger charge is 2.44. The van der Waals surface area contributed by atoms with Crippen molar-refractivity contribution in [2.45, 2.75) is 192 Å². The average molecular weight is 760 g/mol. The van der Waals surface area contributed by atoms with E-state index in [0.29, 0.717) is 6.42 Å². The standard InChI is InChI=1S/C45H77NO8/c1-3-5-7-9-11-13-15-16-17-18-19-20-21-22-23-24-25-27-29-31-33-35-41(49)46-38(37-53-45-44(52)43(51)42(50)40(36-47)54-45)39(48)34-32-30-28-26-14-12-10-8-6-4-2/h5,7,11,13,16-17,19-20,22-23,32,34,38-40,42-45,47-48,50-52H,3-4,6,8-10,12,14-15,18,21,24-31,33,35-37H2,1-2H3,(H,46,49)/b7-5-,13-11-,17-16-,20-19-,23-22-,34-32+. The molecule has 54 heavy (non-hydrogen) atoms. The summed E-state index contributed by atoms with van der Waals surface area (Å²) in [5.74, 6) is -0.202. The van der Waals surface area contributed by atoms with E-state index in [9.17, 15) is 30.3 Å². The van der Waals surface area contributed by atoms with E-state index >= 15 is 0 Å². The normalized spacial score (nSPS) is 22.2. The van der Waals surface area contributed by atoms with Crippen LogP contribution in [0.2, 0.25) is 0 Å². The first-order valence-corrected chi connectivity index (χ1v) is 21.2. The molecule has 0 saturated carbocycles.